The third-order valence-corrected chi connectivity index (χ3v) is 2.90. The Kier molecular flexibility index (Phi) is 3.50. The lowest BCUT2D eigenvalue weighted by Gasteiger charge is -2.24. The summed E-state index contributed by atoms with van der Waals surface area (Å²) in [5.41, 5.74) is 0. The summed E-state index contributed by atoms with van der Waals surface area (Å²) >= 11 is 4.27. The van der Waals surface area contributed by atoms with Crippen molar-refractivity contribution in [1.29, 1.82) is 0 Å². The van der Waals surface area contributed by atoms with Gasteiger partial charge >= 0.3 is 0 Å². The fourth-order valence-corrected chi connectivity index (χ4v) is 2.39. The number of amides is 1. The zero-order valence-corrected chi connectivity index (χ0v) is 8.68. The Labute approximate surface area is 80.5 Å². The van der Waals surface area contributed by atoms with Crippen LogP contribution in [0.2, 0.25) is 6.32 Å². The summed E-state index contributed by atoms with van der Waals surface area (Å²) in [7, 11) is 2.10. The van der Waals surface area contributed by atoms with Crippen molar-refractivity contribution in [3.05, 3.63) is 0 Å². The Bertz CT molecular complexity index is 176. The van der Waals surface area contributed by atoms with E-state index < -0.39 is 0 Å². The van der Waals surface area contributed by atoms with Crippen LogP contribution in [0.4, 0.5) is 0 Å². The number of carbonyl (C=O) groups is 1. The van der Waals surface area contributed by atoms with E-state index in [4.69, 9.17) is 0 Å². The predicted octanol–water partition coefficient (Wildman–Crippen LogP) is 0.205. The Morgan fingerprint density at radius 2 is 2.42 bits per heavy atom. The number of hydrogen-bond donors (Lipinski definition) is 1. The van der Waals surface area contributed by atoms with E-state index in [1.807, 2.05) is 4.90 Å². The van der Waals surface area contributed by atoms with E-state index in [0.29, 0.717) is 24.3 Å². The fraction of sp³-hybridized carbons (Fsp3) is 0.875. The minimum Gasteiger partial charge on any atom is -0.339 e. The molecule has 2 atom stereocenters. The molecule has 1 heterocycles. The summed E-state index contributed by atoms with van der Waals surface area (Å²) in [5, 5.41) is 0. The van der Waals surface area contributed by atoms with Crippen LogP contribution in [0.25, 0.3) is 0 Å². The average molecular weight is 185 g/mol. The van der Waals surface area contributed by atoms with Gasteiger partial charge in [0.1, 0.15) is 7.85 Å². The van der Waals surface area contributed by atoms with Crippen molar-refractivity contribution in [3.8, 4) is 0 Å². The second-order valence-electron chi connectivity index (χ2n) is 3.52. The average Bonchev–Trinajstić information content (AvgIpc) is 2.28. The molecule has 0 saturated carbocycles. The molecule has 0 spiro atoms. The molecule has 1 rings (SSSR count). The summed E-state index contributed by atoms with van der Waals surface area (Å²) in [5.74, 6) is 1.59. The lowest BCUT2D eigenvalue weighted by atomic mass is 10.0. The highest BCUT2D eigenvalue weighted by atomic mass is 32.1. The predicted molar refractivity (Wildman–Crippen MR) is 56.5 cm³/mol. The topological polar surface area (TPSA) is 20.3 Å². The van der Waals surface area contributed by atoms with Gasteiger partial charge in [0, 0.05) is 24.8 Å². The molecule has 1 aliphatic rings. The molecule has 4 heteroatoms. The molecule has 68 valence electrons. The van der Waals surface area contributed by atoms with E-state index in [-0.39, 0.29) is 0 Å². The minimum atomic E-state index is 0.309. The number of carbonyl (C=O) groups excluding carboxylic acids is 1. The van der Waals surface area contributed by atoms with Crippen molar-refractivity contribution in [1.82, 2.24) is 4.90 Å². The van der Waals surface area contributed by atoms with E-state index in [0.717, 1.165) is 18.6 Å². The van der Waals surface area contributed by atoms with Gasteiger partial charge in [-0.1, -0.05) is 13.2 Å². The molecule has 1 fully saturated rings. The maximum atomic E-state index is 11.4. The molecule has 12 heavy (non-hydrogen) atoms. The zero-order chi connectivity index (χ0) is 9.14. The first-order chi connectivity index (χ1) is 5.70. The van der Waals surface area contributed by atoms with Crippen molar-refractivity contribution in [3.63, 3.8) is 0 Å². The lowest BCUT2D eigenvalue weighted by Crippen LogP contribution is -2.36. The van der Waals surface area contributed by atoms with Gasteiger partial charge in [-0.25, -0.2) is 0 Å². The second kappa shape index (κ2) is 4.22. The summed E-state index contributed by atoms with van der Waals surface area (Å²) < 4.78 is 0. The minimum absolute atomic E-state index is 0.309. The molecule has 1 aliphatic heterocycles. The van der Waals surface area contributed by atoms with Crippen molar-refractivity contribution in [2.24, 2.45) is 5.92 Å². The van der Waals surface area contributed by atoms with Crippen molar-refractivity contribution in [2.45, 2.75) is 25.7 Å². The van der Waals surface area contributed by atoms with Crippen LogP contribution < -0.4 is 0 Å². The third kappa shape index (κ3) is 1.79. The highest BCUT2D eigenvalue weighted by molar-refractivity contribution is 7.80. The van der Waals surface area contributed by atoms with Crippen LogP contribution in [0.3, 0.4) is 0 Å². The van der Waals surface area contributed by atoms with Gasteiger partial charge in [0.05, 0.1) is 0 Å². The Balaban J connectivity index is 2.61. The number of hydrogen-bond acceptors (Lipinski definition) is 2. The molecule has 2 unspecified atom stereocenters. The van der Waals surface area contributed by atoms with Gasteiger partial charge in [-0.15, -0.1) is 0 Å². The van der Waals surface area contributed by atoms with E-state index in [2.05, 4.69) is 27.4 Å². The molecule has 2 nitrogen and oxygen atoms in total. The molecular formula is C8H16BNOS. The number of thiol groups is 1. The largest absolute Gasteiger partial charge is 0.339 e. The summed E-state index contributed by atoms with van der Waals surface area (Å²) in [4.78, 5) is 13.4. The molecule has 0 aromatic carbocycles. The second-order valence-corrected chi connectivity index (χ2v) is 3.88. The summed E-state index contributed by atoms with van der Waals surface area (Å²) in [6, 6.07) is 0.376. The molecular weight excluding hydrogens is 169 g/mol. The van der Waals surface area contributed by atoms with E-state index in [1.54, 1.807) is 0 Å². The standard InChI is InChI=1S/C8H16BNOS/c1-6-4-8(11)10(3-2-9)7(6)5-12/h6-7,12H,2-5,9H2,1H3. The first-order valence-electron chi connectivity index (χ1n) is 4.61. The van der Waals surface area contributed by atoms with Crippen LogP contribution in [0.15, 0.2) is 0 Å². The van der Waals surface area contributed by atoms with Crippen LogP contribution in [-0.4, -0.2) is 37.0 Å². The normalized spacial score (nSPS) is 29.8. The molecule has 0 N–H and O–H groups in total. The highest BCUT2D eigenvalue weighted by Crippen LogP contribution is 2.25. The molecule has 0 aromatic rings. The maximum absolute atomic E-state index is 11.4. The van der Waals surface area contributed by atoms with Gasteiger partial charge in [-0.05, 0) is 5.92 Å². The van der Waals surface area contributed by atoms with E-state index >= 15 is 0 Å². The molecule has 0 bridgehead atoms. The van der Waals surface area contributed by atoms with Gasteiger partial charge in [0.25, 0.3) is 0 Å². The quantitative estimate of drug-likeness (QED) is 0.492. The molecule has 1 amide bonds. The number of likely N-dealkylation sites (tertiary alicyclic amines) is 1. The lowest BCUT2D eigenvalue weighted by molar-refractivity contribution is -0.128. The van der Waals surface area contributed by atoms with Crippen molar-refractivity contribution < 1.29 is 4.79 Å². The number of rotatable bonds is 3. The van der Waals surface area contributed by atoms with Gasteiger partial charge in [0.15, 0.2) is 0 Å². The maximum Gasteiger partial charge on any atom is 0.223 e. The molecule has 0 aromatic heterocycles. The monoisotopic (exact) mass is 185 g/mol. The van der Waals surface area contributed by atoms with Gasteiger partial charge in [0.2, 0.25) is 5.91 Å². The third-order valence-electron chi connectivity index (χ3n) is 2.53. The van der Waals surface area contributed by atoms with E-state index in [9.17, 15) is 4.79 Å². The fourth-order valence-electron chi connectivity index (χ4n) is 1.83. The van der Waals surface area contributed by atoms with Crippen LogP contribution >= 0.6 is 12.6 Å². The zero-order valence-electron chi connectivity index (χ0n) is 7.79. The van der Waals surface area contributed by atoms with Crippen LogP contribution in [0.5, 0.6) is 0 Å². The Morgan fingerprint density at radius 1 is 1.75 bits per heavy atom. The van der Waals surface area contributed by atoms with Crippen molar-refractivity contribution >= 4 is 26.4 Å². The van der Waals surface area contributed by atoms with Gasteiger partial charge < -0.3 is 4.90 Å². The van der Waals surface area contributed by atoms with Crippen molar-refractivity contribution in [2.75, 3.05) is 12.3 Å². The Hall–Kier alpha value is -0.115. The van der Waals surface area contributed by atoms with Crippen LogP contribution in [0, 0.1) is 5.92 Å². The number of nitrogens with zero attached hydrogens (tertiary/aromatic N) is 1. The first kappa shape index (κ1) is 9.97. The van der Waals surface area contributed by atoms with E-state index in [1.165, 1.54) is 0 Å². The summed E-state index contributed by atoms with van der Waals surface area (Å²) in [6.07, 6.45) is 1.76. The SMILES string of the molecule is BCCN1C(=O)CC(C)C1CS. The molecule has 0 aliphatic carbocycles. The van der Waals surface area contributed by atoms with Crippen LogP contribution in [-0.2, 0) is 4.79 Å². The molecule has 1 saturated heterocycles. The molecule has 0 radical (unpaired) electrons. The smallest absolute Gasteiger partial charge is 0.223 e. The Morgan fingerprint density at radius 3 is 2.92 bits per heavy atom. The van der Waals surface area contributed by atoms with Gasteiger partial charge in [-0.3, -0.25) is 4.79 Å². The summed E-state index contributed by atoms with van der Waals surface area (Å²) in [6.45, 7) is 3.03. The van der Waals surface area contributed by atoms with Gasteiger partial charge in [-0.2, -0.15) is 12.6 Å². The first-order valence-corrected chi connectivity index (χ1v) is 5.24. The van der Waals surface area contributed by atoms with Crippen LogP contribution in [0.1, 0.15) is 13.3 Å². The highest BCUT2D eigenvalue weighted by Gasteiger charge is 2.34.